The lowest BCUT2D eigenvalue weighted by atomic mass is 10.4. The van der Waals surface area contributed by atoms with Crippen molar-refractivity contribution in [3.63, 3.8) is 0 Å². The molecule has 0 radical (unpaired) electrons. The van der Waals surface area contributed by atoms with E-state index in [-0.39, 0.29) is 19.5 Å². The number of hydrogen-bond acceptors (Lipinski definition) is 5. The molecule has 0 aliphatic carbocycles. The van der Waals surface area contributed by atoms with Crippen molar-refractivity contribution >= 4 is 28.3 Å². The van der Waals surface area contributed by atoms with Gasteiger partial charge in [-0.05, 0) is 34.1 Å². The number of carbonyl (C=O) groups is 1. The molecule has 0 atom stereocenters. The minimum absolute atomic E-state index is 0. The molecule has 7 heteroatoms. The fraction of sp³-hybridized carbons (Fsp3) is 0.769. The summed E-state index contributed by atoms with van der Waals surface area (Å²) in [6.07, 6.45) is 0.658. The van der Waals surface area contributed by atoms with Crippen molar-refractivity contribution in [1.82, 2.24) is 0 Å². The van der Waals surface area contributed by atoms with Crippen LogP contribution in [0.2, 0.25) is 6.04 Å². The lowest BCUT2D eigenvalue weighted by Crippen LogP contribution is -2.46. The van der Waals surface area contributed by atoms with Gasteiger partial charge in [-0.3, -0.25) is 0 Å². The summed E-state index contributed by atoms with van der Waals surface area (Å²) in [7, 11) is -2.61. The van der Waals surface area contributed by atoms with Gasteiger partial charge >= 0.3 is 14.8 Å². The summed E-state index contributed by atoms with van der Waals surface area (Å²) >= 11 is 0. The monoisotopic (exact) mass is 324 g/mol. The van der Waals surface area contributed by atoms with Gasteiger partial charge in [0.25, 0.3) is 0 Å². The second kappa shape index (κ2) is 12.4. The van der Waals surface area contributed by atoms with E-state index in [4.69, 9.17) is 18.0 Å². The molecule has 0 heterocycles. The van der Waals surface area contributed by atoms with Crippen molar-refractivity contribution in [3.05, 3.63) is 12.2 Å². The van der Waals surface area contributed by atoms with Crippen LogP contribution >= 0.6 is 13.5 Å². The van der Waals surface area contributed by atoms with Crippen molar-refractivity contribution in [1.29, 1.82) is 0 Å². The van der Waals surface area contributed by atoms with Gasteiger partial charge < -0.3 is 18.0 Å². The normalized spacial score (nSPS) is 10.8. The van der Waals surface area contributed by atoms with Crippen LogP contribution in [-0.4, -0.2) is 41.2 Å². The van der Waals surface area contributed by atoms with Crippen LogP contribution in [0.3, 0.4) is 0 Å². The maximum atomic E-state index is 11.2. The summed E-state index contributed by atoms with van der Waals surface area (Å²) in [6.45, 7) is 12.9. The molecule has 5 nitrogen and oxygen atoms in total. The van der Waals surface area contributed by atoms with Crippen LogP contribution in [-0.2, 0) is 22.8 Å². The number of rotatable bonds is 11. The molecule has 0 saturated carbocycles. The molecule has 0 saturated heterocycles. The molecule has 20 heavy (non-hydrogen) atoms. The Morgan fingerprint density at radius 1 is 1.05 bits per heavy atom. The topological polar surface area (TPSA) is 54.0 Å². The molecule has 0 aliphatic heterocycles. The lowest BCUT2D eigenvalue weighted by molar-refractivity contribution is -0.139. The van der Waals surface area contributed by atoms with Crippen LogP contribution in [0.1, 0.15) is 34.1 Å². The van der Waals surface area contributed by atoms with E-state index in [1.807, 2.05) is 20.8 Å². The zero-order valence-electron chi connectivity index (χ0n) is 13.0. The highest BCUT2D eigenvalue weighted by molar-refractivity contribution is 7.59. The molecule has 0 fully saturated rings. The van der Waals surface area contributed by atoms with Gasteiger partial charge in [0.05, 0.1) is 6.61 Å². The Morgan fingerprint density at radius 3 is 1.85 bits per heavy atom. The average molecular weight is 325 g/mol. The van der Waals surface area contributed by atoms with Crippen molar-refractivity contribution < 1.29 is 22.8 Å². The highest BCUT2D eigenvalue weighted by atomic mass is 32.1. The van der Waals surface area contributed by atoms with E-state index in [1.54, 1.807) is 6.92 Å². The largest absolute Gasteiger partial charge is 0.501 e. The summed E-state index contributed by atoms with van der Waals surface area (Å²) in [5.74, 6) is -0.364. The van der Waals surface area contributed by atoms with E-state index in [2.05, 4.69) is 6.58 Å². The fourth-order valence-corrected chi connectivity index (χ4v) is 4.16. The van der Waals surface area contributed by atoms with Crippen molar-refractivity contribution in [2.45, 2.75) is 40.2 Å². The van der Waals surface area contributed by atoms with Gasteiger partial charge in [0.15, 0.2) is 0 Å². The van der Waals surface area contributed by atoms with Gasteiger partial charge in [0.1, 0.15) is 0 Å². The van der Waals surface area contributed by atoms with Gasteiger partial charge in [0, 0.05) is 31.4 Å². The van der Waals surface area contributed by atoms with Crippen LogP contribution < -0.4 is 0 Å². The summed E-state index contributed by atoms with van der Waals surface area (Å²) in [5.41, 5.74) is 0.405. The molecule has 0 unspecified atom stereocenters. The molecule has 0 rings (SSSR count). The average Bonchev–Trinajstić information content (AvgIpc) is 2.35. The molecular formula is C13H28O5SSi. The van der Waals surface area contributed by atoms with Crippen LogP contribution in [0.25, 0.3) is 0 Å². The number of hydrogen-bond donors (Lipinski definition) is 0. The lowest BCUT2D eigenvalue weighted by Gasteiger charge is -2.28. The van der Waals surface area contributed by atoms with E-state index in [0.717, 1.165) is 0 Å². The fourth-order valence-electron chi connectivity index (χ4n) is 1.58. The minimum Gasteiger partial charge on any atom is -0.462 e. The summed E-state index contributed by atoms with van der Waals surface area (Å²) in [6, 6.07) is 0.645. The Kier molecular flexibility index (Phi) is 13.6. The van der Waals surface area contributed by atoms with E-state index in [1.165, 1.54) is 0 Å². The first kappa shape index (κ1) is 21.9. The molecule has 0 aromatic rings. The Hall–Kier alpha value is -0.343. The van der Waals surface area contributed by atoms with Crippen molar-refractivity contribution in [2.24, 2.45) is 0 Å². The van der Waals surface area contributed by atoms with E-state index >= 15 is 0 Å². The second-order valence-corrected chi connectivity index (χ2v) is 6.73. The first-order valence-electron chi connectivity index (χ1n) is 6.75. The van der Waals surface area contributed by atoms with E-state index in [0.29, 0.717) is 44.5 Å². The molecule has 0 amide bonds. The maximum absolute atomic E-state index is 11.2. The minimum atomic E-state index is -2.61. The summed E-state index contributed by atoms with van der Waals surface area (Å²) in [5, 5.41) is 0. The van der Waals surface area contributed by atoms with Crippen molar-refractivity contribution in [3.8, 4) is 0 Å². The van der Waals surface area contributed by atoms with Crippen LogP contribution in [0.5, 0.6) is 0 Å². The van der Waals surface area contributed by atoms with Gasteiger partial charge in [-0.1, -0.05) is 6.58 Å². The Bertz CT molecular complexity index is 269. The first-order chi connectivity index (χ1) is 9.01. The molecule has 0 aromatic heterocycles. The zero-order valence-corrected chi connectivity index (χ0v) is 15.0. The molecule has 120 valence electrons. The third-order valence-corrected chi connectivity index (χ3v) is 5.45. The molecule has 0 spiro atoms. The molecule has 0 N–H and O–H groups in total. The SMILES string of the molecule is C=C(C)C(=O)OCCC[Si](OCC)(OCC)OCC.S. The van der Waals surface area contributed by atoms with Gasteiger partial charge in [0.2, 0.25) is 0 Å². The standard InChI is InChI=1S/C13H26O5Si.H2S/c1-6-16-19(17-7-2,18-8-3)11-9-10-15-13(14)12(4)5;/h4,6-11H2,1-3,5H3;1H2. The third kappa shape index (κ3) is 8.75. The molecular weight excluding hydrogens is 296 g/mol. The highest BCUT2D eigenvalue weighted by Gasteiger charge is 2.39. The molecule has 0 aromatic carbocycles. The third-order valence-electron chi connectivity index (χ3n) is 2.30. The predicted octanol–water partition coefficient (Wildman–Crippen LogP) is 2.66. The second-order valence-electron chi connectivity index (χ2n) is 4.00. The molecule has 0 aliphatic rings. The van der Waals surface area contributed by atoms with Crippen LogP contribution in [0.4, 0.5) is 0 Å². The Labute approximate surface area is 130 Å². The smallest absolute Gasteiger partial charge is 0.462 e. The predicted molar refractivity (Wildman–Crippen MR) is 86.2 cm³/mol. The zero-order chi connectivity index (χ0) is 14.7. The van der Waals surface area contributed by atoms with Crippen molar-refractivity contribution in [2.75, 3.05) is 26.4 Å². The van der Waals surface area contributed by atoms with E-state index in [9.17, 15) is 4.79 Å². The highest BCUT2D eigenvalue weighted by Crippen LogP contribution is 2.18. The number of ether oxygens (including phenoxy) is 1. The molecule has 0 bridgehead atoms. The van der Waals surface area contributed by atoms with Crippen LogP contribution in [0, 0.1) is 0 Å². The summed E-state index contributed by atoms with van der Waals surface area (Å²) in [4.78, 5) is 11.2. The van der Waals surface area contributed by atoms with Gasteiger partial charge in [-0.15, -0.1) is 0 Å². The van der Waals surface area contributed by atoms with Gasteiger partial charge in [-0.2, -0.15) is 13.5 Å². The number of carbonyl (C=O) groups excluding carboxylic acids is 1. The van der Waals surface area contributed by atoms with Crippen LogP contribution in [0.15, 0.2) is 12.2 Å². The van der Waals surface area contributed by atoms with E-state index < -0.39 is 8.80 Å². The summed E-state index contributed by atoms with van der Waals surface area (Å²) < 4.78 is 22.2. The Morgan fingerprint density at radius 2 is 1.50 bits per heavy atom. The van der Waals surface area contributed by atoms with Gasteiger partial charge in [-0.25, -0.2) is 4.79 Å². The number of esters is 1. The quantitative estimate of drug-likeness (QED) is 0.253. The first-order valence-corrected chi connectivity index (χ1v) is 8.69. The Balaban J connectivity index is 0. The maximum Gasteiger partial charge on any atom is 0.501 e.